The first-order valence-electron chi connectivity index (χ1n) is 11.9. The van der Waals surface area contributed by atoms with E-state index in [9.17, 15) is 5.11 Å². The van der Waals surface area contributed by atoms with Gasteiger partial charge < -0.3 is 15.7 Å². The molecule has 0 bridgehead atoms. The van der Waals surface area contributed by atoms with E-state index in [1.807, 2.05) is 0 Å². The second-order valence-corrected chi connectivity index (χ2v) is 8.77. The quantitative estimate of drug-likeness (QED) is 0.331. The molecule has 0 radical (unpaired) electrons. The van der Waals surface area contributed by atoms with Gasteiger partial charge >= 0.3 is 0 Å². The van der Waals surface area contributed by atoms with E-state index in [4.69, 9.17) is 0 Å². The van der Waals surface area contributed by atoms with E-state index in [1.54, 1.807) is 0 Å². The Morgan fingerprint density at radius 3 is 1.96 bits per heavy atom. The molecule has 0 aromatic heterocycles. The van der Waals surface area contributed by atoms with Crippen molar-refractivity contribution >= 4 is 0 Å². The summed E-state index contributed by atoms with van der Waals surface area (Å²) in [5.41, 5.74) is 1.49. The molecule has 2 rings (SSSR count). The summed E-state index contributed by atoms with van der Waals surface area (Å²) in [6.45, 7) is 4.62. The number of aliphatic hydroxyl groups is 1. The van der Waals surface area contributed by atoms with E-state index in [0.717, 1.165) is 25.9 Å². The Balaban J connectivity index is 1.79. The molecule has 28 heavy (non-hydrogen) atoms. The van der Waals surface area contributed by atoms with Crippen LogP contribution < -0.4 is 10.6 Å². The molecule has 1 aromatic carbocycles. The van der Waals surface area contributed by atoms with Gasteiger partial charge in [-0.1, -0.05) is 101 Å². The highest BCUT2D eigenvalue weighted by molar-refractivity contribution is 5.17. The van der Waals surface area contributed by atoms with E-state index in [-0.39, 0.29) is 12.0 Å². The van der Waals surface area contributed by atoms with Crippen LogP contribution in [-0.4, -0.2) is 31.0 Å². The molecule has 1 atom stereocenters. The fourth-order valence-corrected chi connectivity index (χ4v) is 4.82. The minimum Gasteiger partial charge on any atom is -0.396 e. The van der Waals surface area contributed by atoms with Crippen LogP contribution in [0.15, 0.2) is 30.3 Å². The van der Waals surface area contributed by atoms with Crippen molar-refractivity contribution in [3.8, 4) is 0 Å². The van der Waals surface area contributed by atoms with Gasteiger partial charge in [0.1, 0.15) is 0 Å². The number of hydrogen-bond donors (Lipinski definition) is 3. The van der Waals surface area contributed by atoms with Crippen LogP contribution in [0.25, 0.3) is 0 Å². The molecule has 0 aliphatic carbocycles. The molecule has 0 spiro atoms. The van der Waals surface area contributed by atoms with Gasteiger partial charge in [0.05, 0.1) is 6.17 Å². The summed E-state index contributed by atoms with van der Waals surface area (Å²) in [6, 6.07) is 10.8. The number of rotatable bonds is 16. The summed E-state index contributed by atoms with van der Waals surface area (Å²) < 4.78 is 0. The zero-order valence-electron chi connectivity index (χ0n) is 18.2. The Bertz CT molecular complexity index is 487. The highest BCUT2D eigenvalue weighted by Crippen LogP contribution is 2.37. The highest BCUT2D eigenvalue weighted by Gasteiger charge is 2.39. The summed E-state index contributed by atoms with van der Waals surface area (Å²) in [5.74, 6) is 0. The molecule has 1 fully saturated rings. The molecule has 1 aromatic rings. The zero-order valence-corrected chi connectivity index (χ0v) is 18.2. The number of nitrogens with one attached hydrogen (secondary N) is 2. The van der Waals surface area contributed by atoms with Crippen molar-refractivity contribution in [3.63, 3.8) is 0 Å². The van der Waals surface area contributed by atoms with Crippen LogP contribution in [0.1, 0.15) is 89.5 Å². The number of benzene rings is 1. The van der Waals surface area contributed by atoms with Gasteiger partial charge in [0.2, 0.25) is 0 Å². The van der Waals surface area contributed by atoms with Gasteiger partial charge in [-0.2, -0.15) is 0 Å². The molecule has 3 heteroatoms. The molecular formula is C25H44N2O. The molecule has 1 aliphatic heterocycles. The van der Waals surface area contributed by atoms with Crippen LogP contribution >= 0.6 is 0 Å². The van der Waals surface area contributed by atoms with Crippen LogP contribution in [0.2, 0.25) is 0 Å². The first-order chi connectivity index (χ1) is 13.8. The van der Waals surface area contributed by atoms with Gasteiger partial charge in [-0.05, 0) is 24.8 Å². The van der Waals surface area contributed by atoms with Crippen molar-refractivity contribution in [1.29, 1.82) is 0 Å². The van der Waals surface area contributed by atoms with Gasteiger partial charge in [0, 0.05) is 25.1 Å². The average molecular weight is 389 g/mol. The third-order valence-electron chi connectivity index (χ3n) is 6.47. The van der Waals surface area contributed by atoms with E-state index in [1.165, 1.54) is 76.2 Å². The van der Waals surface area contributed by atoms with Crippen LogP contribution in [0, 0.1) is 5.41 Å². The largest absolute Gasteiger partial charge is 0.396 e. The molecule has 0 saturated carbocycles. The lowest BCUT2D eigenvalue weighted by atomic mass is 9.72. The Hall–Kier alpha value is -0.900. The summed E-state index contributed by atoms with van der Waals surface area (Å²) in [6.07, 6.45) is 17.1. The van der Waals surface area contributed by atoms with Gasteiger partial charge in [-0.25, -0.2) is 0 Å². The minimum absolute atomic E-state index is 0.104. The lowest BCUT2D eigenvalue weighted by molar-refractivity contribution is 0.111. The first kappa shape index (κ1) is 23.4. The fourth-order valence-electron chi connectivity index (χ4n) is 4.82. The standard InChI is InChI=1S/C25H44N2O/c1-2-3-4-5-6-7-8-9-10-14-17-25(18-21-28,24-26-19-20-27-24)22-23-15-12-11-13-16-23/h11-13,15-16,24,26-28H,2-10,14,17-22H2,1H3. The second kappa shape index (κ2) is 14.1. The molecule has 3 nitrogen and oxygen atoms in total. The summed E-state index contributed by atoms with van der Waals surface area (Å²) in [7, 11) is 0. The molecule has 1 saturated heterocycles. The van der Waals surface area contributed by atoms with Gasteiger partial charge in [-0.3, -0.25) is 0 Å². The topological polar surface area (TPSA) is 44.3 Å². The Labute approximate surface area is 173 Å². The Morgan fingerprint density at radius 1 is 0.821 bits per heavy atom. The number of aliphatic hydroxyl groups excluding tert-OH is 1. The summed E-state index contributed by atoms with van der Waals surface area (Å²) >= 11 is 0. The van der Waals surface area contributed by atoms with E-state index < -0.39 is 0 Å². The van der Waals surface area contributed by atoms with Gasteiger partial charge in [0.15, 0.2) is 0 Å². The highest BCUT2D eigenvalue weighted by atomic mass is 16.3. The van der Waals surface area contributed by atoms with Crippen LogP contribution in [0.3, 0.4) is 0 Å². The predicted octanol–water partition coefficient (Wildman–Crippen LogP) is 5.43. The zero-order chi connectivity index (χ0) is 19.9. The smallest absolute Gasteiger partial charge is 0.0634 e. The van der Waals surface area contributed by atoms with Crippen molar-refractivity contribution < 1.29 is 5.11 Å². The molecule has 1 heterocycles. The second-order valence-electron chi connectivity index (χ2n) is 8.77. The fraction of sp³-hybridized carbons (Fsp3) is 0.760. The molecule has 1 unspecified atom stereocenters. The number of hydrogen-bond acceptors (Lipinski definition) is 3. The molecular weight excluding hydrogens is 344 g/mol. The van der Waals surface area contributed by atoms with Crippen LogP contribution in [0.5, 0.6) is 0 Å². The first-order valence-corrected chi connectivity index (χ1v) is 11.9. The monoisotopic (exact) mass is 388 g/mol. The Morgan fingerprint density at radius 2 is 1.39 bits per heavy atom. The van der Waals surface area contributed by atoms with E-state index >= 15 is 0 Å². The maximum Gasteiger partial charge on any atom is 0.0634 e. The summed E-state index contributed by atoms with van der Waals surface area (Å²) in [5, 5.41) is 17.2. The third kappa shape index (κ3) is 8.23. The van der Waals surface area contributed by atoms with Crippen LogP contribution in [-0.2, 0) is 6.42 Å². The van der Waals surface area contributed by atoms with Crippen molar-refractivity contribution in [3.05, 3.63) is 35.9 Å². The molecule has 1 aliphatic rings. The molecule has 160 valence electrons. The predicted molar refractivity (Wildman–Crippen MR) is 121 cm³/mol. The van der Waals surface area contributed by atoms with Crippen molar-refractivity contribution in [2.45, 2.75) is 96.6 Å². The number of unbranched alkanes of at least 4 members (excludes halogenated alkanes) is 9. The maximum absolute atomic E-state index is 9.85. The lowest BCUT2D eigenvalue weighted by Crippen LogP contribution is -2.50. The average Bonchev–Trinajstić information content (AvgIpc) is 3.26. The van der Waals surface area contributed by atoms with Gasteiger partial charge in [-0.15, -0.1) is 0 Å². The molecule has 3 N–H and O–H groups in total. The van der Waals surface area contributed by atoms with E-state index in [2.05, 4.69) is 47.9 Å². The lowest BCUT2D eigenvalue weighted by Gasteiger charge is -2.39. The minimum atomic E-state index is 0.104. The van der Waals surface area contributed by atoms with Crippen molar-refractivity contribution in [2.24, 2.45) is 5.41 Å². The molecule has 0 amide bonds. The third-order valence-corrected chi connectivity index (χ3v) is 6.47. The van der Waals surface area contributed by atoms with Crippen molar-refractivity contribution in [2.75, 3.05) is 19.7 Å². The van der Waals surface area contributed by atoms with E-state index in [0.29, 0.717) is 6.17 Å². The SMILES string of the molecule is CCCCCCCCCCCCC(CCO)(Cc1ccccc1)C1NCCN1. The summed E-state index contributed by atoms with van der Waals surface area (Å²) in [4.78, 5) is 0. The Kier molecular flexibility index (Phi) is 11.8. The normalized spacial score (nSPS) is 17.1. The maximum atomic E-state index is 9.85. The van der Waals surface area contributed by atoms with Gasteiger partial charge in [0.25, 0.3) is 0 Å². The van der Waals surface area contributed by atoms with Crippen molar-refractivity contribution in [1.82, 2.24) is 10.6 Å². The van der Waals surface area contributed by atoms with Crippen LogP contribution in [0.4, 0.5) is 0 Å².